The van der Waals surface area contributed by atoms with Crippen LogP contribution in [0.4, 0.5) is 9.18 Å². The predicted octanol–water partition coefficient (Wildman–Crippen LogP) is 3.78. The number of ether oxygens (including phenoxy) is 1. The van der Waals surface area contributed by atoms with Crippen molar-refractivity contribution in [1.82, 2.24) is 15.5 Å². The number of amides is 2. The van der Waals surface area contributed by atoms with E-state index in [1.54, 1.807) is 31.0 Å². The van der Waals surface area contributed by atoms with Gasteiger partial charge in [0.05, 0.1) is 18.2 Å². The van der Waals surface area contributed by atoms with Gasteiger partial charge in [-0.25, -0.2) is 14.0 Å². The molecule has 1 aliphatic heterocycles. The average molecular weight is 432 g/mol. The molecule has 8 heteroatoms. The second kappa shape index (κ2) is 9.73. The van der Waals surface area contributed by atoms with Crippen LogP contribution in [0, 0.1) is 5.82 Å². The Balaban J connectivity index is 1.94. The molecular formula is C22H23ClFN3O3. The van der Waals surface area contributed by atoms with Crippen LogP contribution < -0.4 is 10.6 Å². The lowest BCUT2D eigenvalue weighted by atomic mass is 9.95. The monoisotopic (exact) mass is 431 g/mol. The van der Waals surface area contributed by atoms with Crippen LogP contribution in [-0.2, 0) is 16.1 Å². The molecule has 30 heavy (non-hydrogen) atoms. The molecule has 2 aromatic carbocycles. The van der Waals surface area contributed by atoms with Gasteiger partial charge >= 0.3 is 12.0 Å². The first-order valence-electron chi connectivity index (χ1n) is 9.54. The number of carbonyl (C=O) groups is 2. The third-order valence-corrected chi connectivity index (χ3v) is 5.05. The predicted molar refractivity (Wildman–Crippen MR) is 112 cm³/mol. The molecule has 0 bridgehead atoms. The average Bonchev–Trinajstić information content (AvgIpc) is 2.71. The number of benzene rings is 2. The largest absolute Gasteiger partial charge is 0.463 e. The molecule has 0 spiro atoms. The summed E-state index contributed by atoms with van der Waals surface area (Å²) < 4.78 is 19.4. The highest BCUT2D eigenvalue weighted by Crippen LogP contribution is 2.28. The number of esters is 1. The molecule has 0 radical (unpaired) electrons. The van der Waals surface area contributed by atoms with Crippen molar-refractivity contribution in [3.05, 3.63) is 81.8 Å². The van der Waals surface area contributed by atoms with Crippen molar-refractivity contribution in [2.75, 3.05) is 20.2 Å². The van der Waals surface area contributed by atoms with Crippen molar-refractivity contribution in [1.29, 1.82) is 0 Å². The Labute approximate surface area is 179 Å². The second-order valence-corrected chi connectivity index (χ2v) is 7.33. The zero-order chi connectivity index (χ0) is 21.7. The number of halogens is 2. The maximum atomic E-state index is 14.2. The Morgan fingerprint density at radius 3 is 2.57 bits per heavy atom. The van der Waals surface area contributed by atoms with E-state index in [1.807, 2.05) is 30.3 Å². The molecule has 158 valence electrons. The fraction of sp³-hybridized carbons (Fsp3) is 0.273. The molecule has 0 saturated heterocycles. The van der Waals surface area contributed by atoms with E-state index in [-0.39, 0.29) is 19.7 Å². The number of nitrogens with one attached hydrogen (secondary N) is 2. The van der Waals surface area contributed by atoms with E-state index < -0.39 is 23.9 Å². The summed E-state index contributed by atoms with van der Waals surface area (Å²) in [6.07, 6.45) is 0. The molecule has 0 saturated carbocycles. The lowest BCUT2D eigenvalue weighted by molar-refractivity contribution is -0.139. The Bertz CT molecular complexity index is 945. The van der Waals surface area contributed by atoms with E-state index in [0.29, 0.717) is 21.9 Å². The number of rotatable bonds is 7. The van der Waals surface area contributed by atoms with E-state index in [2.05, 4.69) is 10.6 Å². The highest BCUT2D eigenvalue weighted by Gasteiger charge is 2.34. The van der Waals surface area contributed by atoms with Crippen molar-refractivity contribution in [2.24, 2.45) is 0 Å². The van der Waals surface area contributed by atoms with E-state index in [0.717, 1.165) is 5.56 Å². The number of hydrogen-bond donors (Lipinski definition) is 2. The maximum absolute atomic E-state index is 14.2. The number of carbonyl (C=O) groups excluding carboxylic acids is 2. The van der Waals surface area contributed by atoms with Crippen molar-refractivity contribution < 1.29 is 18.7 Å². The third-order valence-electron chi connectivity index (χ3n) is 4.70. The Morgan fingerprint density at radius 1 is 1.17 bits per heavy atom. The van der Waals surface area contributed by atoms with E-state index in [4.69, 9.17) is 16.3 Å². The van der Waals surface area contributed by atoms with Crippen LogP contribution in [-0.4, -0.2) is 37.1 Å². The topological polar surface area (TPSA) is 70.7 Å². The van der Waals surface area contributed by atoms with Crippen LogP contribution in [0.3, 0.4) is 0 Å². The number of urea groups is 1. The minimum atomic E-state index is -0.653. The lowest BCUT2D eigenvalue weighted by Gasteiger charge is -2.31. The van der Waals surface area contributed by atoms with Gasteiger partial charge in [-0.05, 0) is 31.7 Å². The number of likely N-dealkylation sites (N-methyl/N-ethyl adjacent to an activating group) is 1. The summed E-state index contributed by atoms with van der Waals surface area (Å²) in [5.74, 6) is -0.934. The van der Waals surface area contributed by atoms with Gasteiger partial charge in [0.1, 0.15) is 5.82 Å². The number of nitrogens with zero attached hydrogens (tertiary/aromatic N) is 1. The van der Waals surface area contributed by atoms with Gasteiger partial charge in [0.2, 0.25) is 0 Å². The van der Waals surface area contributed by atoms with E-state index in [1.165, 1.54) is 6.07 Å². The molecule has 1 unspecified atom stereocenters. The molecule has 2 amide bonds. The summed E-state index contributed by atoms with van der Waals surface area (Å²) >= 11 is 6.13. The highest BCUT2D eigenvalue weighted by molar-refractivity contribution is 6.31. The first-order chi connectivity index (χ1) is 14.4. The van der Waals surface area contributed by atoms with Gasteiger partial charge in [0.25, 0.3) is 0 Å². The highest BCUT2D eigenvalue weighted by atomic mass is 35.5. The van der Waals surface area contributed by atoms with Crippen LogP contribution in [0.15, 0.2) is 59.8 Å². The van der Waals surface area contributed by atoms with Gasteiger partial charge in [-0.2, -0.15) is 0 Å². The fourth-order valence-corrected chi connectivity index (χ4v) is 3.59. The first kappa shape index (κ1) is 21.8. The van der Waals surface area contributed by atoms with Crippen molar-refractivity contribution in [3.63, 3.8) is 0 Å². The van der Waals surface area contributed by atoms with Crippen LogP contribution in [0.25, 0.3) is 0 Å². The van der Waals surface area contributed by atoms with E-state index in [9.17, 15) is 14.0 Å². The molecule has 6 nitrogen and oxygen atoms in total. The van der Waals surface area contributed by atoms with Gasteiger partial charge < -0.3 is 15.4 Å². The Hall–Kier alpha value is -2.90. The molecule has 1 atom stereocenters. The summed E-state index contributed by atoms with van der Waals surface area (Å²) in [5, 5.41) is 5.81. The molecule has 1 aliphatic rings. The van der Waals surface area contributed by atoms with Gasteiger partial charge in [0.15, 0.2) is 0 Å². The van der Waals surface area contributed by atoms with E-state index >= 15 is 0 Å². The SMILES string of the molecule is CCOC(=O)C1=C(CN(C)Cc2c(F)cccc2Cl)NC(=O)NC1c1ccccc1. The van der Waals surface area contributed by atoms with Crippen molar-refractivity contribution >= 4 is 23.6 Å². The molecule has 2 N–H and O–H groups in total. The summed E-state index contributed by atoms with van der Waals surface area (Å²) in [5.41, 5.74) is 1.82. The molecule has 1 heterocycles. The smallest absolute Gasteiger partial charge is 0.338 e. The zero-order valence-corrected chi connectivity index (χ0v) is 17.5. The molecule has 0 fully saturated rings. The normalized spacial score (nSPS) is 16.3. The lowest BCUT2D eigenvalue weighted by Crippen LogP contribution is -2.48. The summed E-state index contributed by atoms with van der Waals surface area (Å²) in [6, 6.07) is 12.6. The van der Waals surface area contributed by atoms with Crippen LogP contribution in [0.5, 0.6) is 0 Å². The summed E-state index contributed by atoms with van der Waals surface area (Å²) in [4.78, 5) is 26.9. The standard InChI is InChI=1S/C22H23ClFN3O3/c1-3-30-21(28)19-18(13-27(2)12-15-16(23)10-7-11-17(15)24)25-22(29)26-20(19)14-8-5-4-6-9-14/h4-11,20H,3,12-13H2,1-2H3,(H2,25,26,29). The van der Waals surface area contributed by atoms with Gasteiger partial charge in [0, 0.05) is 29.4 Å². The third kappa shape index (κ3) is 4.98. The van der Waals surface area contributed by atoms with Crippen LogP contribution in [0.2, 0.25) is 5.02 Å². The molecule has 3 rings (SSSR count). The zero-order valence-electron chi connectivity index (χ0n) is 16.7. The van der Waals surface area contributed by atoms with Crippen LogP contribution in [0.1, 0.15) is 24.1 Å². The minimum Gasteiger partial charge on any atom is -0.463 e. The van der Waals surface area contributed by atoms with Crippen molar-refractivity contribution in [2.45, 2.75) is 19.5 Å². The van der Waals surface area contributed by atoms with Crippen LogP contribution >= 0.6 is 11.6 Å². The minimum absolute atomic E-state index is 0.190. The first-order valence-corrected chi connectivity index (χ1v) is 9.92. The quantitative estimate of drug-likeness (QED) is 0.654. The molecular weight excluding hydrogens is 409 g/mol. The van der Waals surface area contributed by atoms with Gasteiger partial charge in [-0.3, -0.25) is 4.90 Å². The molecule has 0 aliphatic carbocycles. The maximum Gasteiger partial charge on any atom is 0.338 e. The fourth-order valence-electron chi connectivity index (χ4n) is 3.37. The molecule has 0 aromatic heterocycles. The molecule has 2 aromatic rings. The van der Waals surface area contributed by atoms with Crippen molar-refractivity contribution in [3.8, 4) is 0 Å². The summed E-state index contributed by atoms with van der Waals surface area (Å²) in [7, 11) is 1.75. The number of hydrogen-bond acceptors (Lipinski definition) is 4. The Morgan fingerprint density at radius 2 is 1.90 bits per heavy atom. The van der Waals surface area contributed by atoms with Gasteiger partial charge in [-0.1, -0.05) is 48.0 Å². The van der Waals surface area contributed by atoms with Gasteiger partial charge in [-0.15, -0.1) is 0 Å². The second-order valence-electron chi connectivity index (χ2n) is 6.93. The Kier molecular flexibility index (Phi) is 7.07. The summed E-state index contributed by atoms with van der Waals surface area (Å²) in [6.45, 7) is 2.31.